The summed E-state index contributed by atoms with van der Waals surface area (Å²) in [5, 5.41) is 86.7. The fourth-order valence-electron chi connectivity index (χ4n) is 9.73. The maximum atomic E-state index is 13.2. The first kappa shape index (κ1) is 69.8. The molecule has 0 spiro atoms. The molecule has 2 aliphatic heterocycles. The average molecular weight is 1080 g/mol. The third kappa shape index (κ3) is 32.7. The van der Waals surface area contributed by atoms with Crippen LogP contribution >= 0.6 is 0 Å². The van der Waals surface area contributed by atoms with E-state index in [-0.39, 0.29) is 18.9 Å². The van der Waals surface area contributed by atoms with Gasteiger partial charge < -0.3 is 65.1 Å². The van der Waals surface area contributed by atoms with Gasteiger partial charge in [-0.1, -0.05) is 216 Å². The molecule has 0 bridgehead atoms. The predicted molar refractivity (Wildman–Crippen MR) is 304 cm³/mol. The SMILES string of the molecule is CCCCC/C=C/CC/C=C/C(O)C(COC1OC(CO)C(OC2OC(CO)C(O)C(O)C2O)C(O)C1O)NC(=O)CCCCCCCCCCCCCCCCCCCC/C=C\C/C=C\C/C=C\CCCCCCC. The number of ether oxygens (including phenoxy) is 4. The van der Waals surface area contributed by atoms with E-state index in [0.29, 0.717) is 12.8 Å². The van der Waals surface area contributed by atoms with Gasteiger partial charge in [-0.05, 0) is 70.6 Å². The van der Waals surface area contributed by atoms with Gasteiger partial charge in [-0.25, -0.2) is 0 Å². The minimum Gasteiger partial charge on any atom is -0.394 e. The number of aliphatic hydroxyl groups excluding tert-OH is 8. The van der Waals surface area contributed by atoms with Crippen molar-refractivity contribution in [2.24, 2.45) is 0 Å². The van der Waals surface area contributed by atoms with Crippen LogP contribution in [-0.2, 0) is 23.7 Å². The molecule has 0 aliphatic carbocycles. The quantitative estimate of drug-likeness (QED) is 0.0204. The molecule has 12 unspecified atom stereocenters. The number of aliphatic hydroxyl groups is 8. The Labute approximate surface area is 460 Å². The van der Waals surface area contributed by atoms with Gasteiger partial charge in [0.2, 0.25) is 5.91 Å². The van der Waals surface area contributed by atoms with Crippen LogP contribution in [0.25, 0.3) is 0 Å². The van der Waals surface area contributed by atoms with Crippen LogP contribution in [0.3, 0.4) is 0 Å². The fraction of sp³-hybridized carbons (Fsp3) is 0.823. The first-order valence-corrected chi connectivity index (χ1v) is 30.5. The Balaban J connectivity index is 1.60. The third-order valence-corrected chi connectivity index (χ3v) is 14.7. The van der Waals surface area contributed by atoms with E-state index in [0.717, 1.165) is 51.4 Å². The highest BCUT2D eigenvalue weighted by atomic mass is 16.7. The Kier molecular flexibility index (Phi) is 43.6. The molecule has 76 heavy (non-hydrogen) atoms. The van der Waals surface area contributed by atoms with Crippen molar-refractivity contribution >= 4 is 5.91 Å². The van der Waals surface area contributed by atoms with Crippen molar-refractivity contribution in [3.05, 3.63) is 60.8 Å². The standard InChI is InChI=1S/C62H111NO13/c1-3-5-7-9-11-13-14-15-16-17-18-19-20-21-22-23-24-25-26-27-28-29-30-31-32-33-34-35-36-38-40-42-44-46-54(67)63-50(51(66)45-43-41-39-37-12-10-8-6-4-2)49-73-61-59(72)57(70)60(53(48-65)75-61)76-62-58(71)56(69)55(68)52(47-64)74-62/h12,14-15,17-18,20-21,37,43,45,50-53,55-62,64-66,68-72H,3-11,13,16,19,22-36,38-42,44,46-49H2,1-2H3,(H,63,67)/b15-14-,18-17-,21-20-,37-12+,45-43+. The van der Waals surface area contributed by atoms with E-state index in [9.17, 15) is 45.6 Å². The molecule has 0 aromatic carbocycles. The molecule has 0 radical (unpaired) electrons. The molecule has 0 aromatic heterocycles. The second-order valence-electron chi connectivity index (χ2n) is 21.5. The topological polar surface area (TPSA) is 228 Å². The number of allylic oxidation sites excluding steroid dienone is 9. The molecule has 0 saturated carbocycles. The van der Waals surface area contributed by atoms with Crippen molar-refractivity contribution in [1.82, 2.24) is 5.32 Å². The summed E-state index contributed by atoms with van der Waals surface area (Å²) in [5.74, 6) is -0.252. The van der Waals surface area contributed by atoms with Gasteiger partial charge in [0.1, 0.15) is 48.8 Å². The number of unbranched alkanes of at least 4 members (excludes halogenated alkanes) is 27. The molecule has 2 aliphatic rings. The number of amides is 1. The van der Waals surface area contributed by atoms with E-state index in [2.05, 4.69) is 67.8 Å². The second-order valence-corrected chi connectivity index (χ2v) is 21.5. The van der Waals surface area contributed by atoms with Crippen LogP contribution in [0.2, 0.25) is 0 Å². The van der Waals surface area contributed by atoms with Crippen molar-refractivity contribution in [2.45, 2.75) is 306 Å². The Morgan fingerprint density at radius 3 is 1.41 bits per heavy atom. The lowest BCUT2D eigenvalue weighted by Crippen LogP contribution is -2.65. The monoisotopic (exact) mass is 1080 g/mol. The van der Waals surface area contributed by atoms with Crippen molar-refractivity contribution in [2.75, 3.05) is 19.8 Å². The highest BCUT2D eigenvalue weighted by molar-refractivity contribution is 5.76. The zero-order valence-electron chi connectivity index (χ0n) is 47.5. The molecule has 9 N–H and O–H groups in total. The first-order valence-electron chi connectivity index (χ1n) is 30.5. The van der Waals surface area contributed by atoms with Crippen LogP contribution in [0.1, 0.15) is 232 Å². The molecule has 2 fully saturated rings. The van der Waals surface area contributed by atoms with Gasteiger partial charge >= 0.3 is 0 Å². The van der Waals surface area contributed by atoms with Gasteiger partial charge in [0.25, 0.3) is 0 Å². The van der Waals surface area contributed by atoms with Gasteiger partial charge in [0.15, 0.2) is 12.6 Å². The van der Waals surface area contributed by atoms with Gasteiger partial charge in [0, 0.05) is 6.42 Å². The highest BCUT2D eigenvalue weighted by Crippen LogP contribution is 2.30. The van der Waals surface area contributed by atoms with Gasteiger partial charge in [-0.2, -0.15) is 0 Å². The summed E-state index contributed by atoms with van der Waals surface area (Å²) in [4.78, 5) is 13.2. The Morgan fingerprint density at radius 1 is 0.474 bits per heavy atom. The number of hydrogen-bond donors (Lipinski definition) is 9. The lowest BCUT2D eigenvalue weighted by atomic mass is 9.97. The van der Waals surface area contributed by atoms with E-state index in [1.165, 1.54) is 148 Å². The van der Waals surface area contributed by atoms with Gasteiger partial charge in [-0.15, -0.1) is 0 Å². The summed E-state index contributed by atoms with van der Waals surface area (Å²) in [6.07, 6.45) is 44.5. The zero-order chi connectivity index (χ0) is 55.3. The number of carbonyl (C=O) groups is 1. The molecule has 442 valence electrons. The van der Waals surface area contributed by atoms with Crippen LogP contribution < -0.4 is 5.32 Å². The van der Waals surface area contributed by atoms with Crippen molar-refractivity contribution in [3.63, 3.8) is 0 Å². The minimum atomic E-state index is -1.79. The lowest BCUT2D eigenvalue weighted by Gasteiger charge is -2.46. The molecule has 14 nitrogen and oxygen atoms in total. The maximum Gasteiger partial charge on any atom is 0.220 e. The average Bonchev–Trinajstić information content (AvgIpc) is 3.42. The summed E-state index contributed by atoms with van der Waals surface area (Å²) in [6, 6.07) is -0.930. The molecular weight excluding hydrogens is 967 g/mol. The first-order chi connectivity index (χ1) is 37.1. The Morgan fingerprint density at radius 2 is 0.882 bits per heavy atom. The Bertz CT molecular complexity index is 1510. The molecule has 1 amide bonds. The molecule has 12 atom stereocenters. The van der Waals surface area contributed by atoms with Gasteiger partial charge in [-0.3, -0.25) is 4.79 Å². The van der Waals surface area contributed by atoms with E-state index < -0.39 is 86.8 Å². The number of hydrogen-bond acceptors (Lipinski definition) is 13. The van der Waals surface area contributed by atoms with Crippen molar-refractivity contribution < 1.29 is 64.6 Å². The van der Waals surface area contributed by atoms with E-state index >= 15 is 0 Å². The van der Waals surface area contributed by atoms with Crippen LogP contribution in [0.5, 0.6) is 0 Å². The summed E-state index contributed by atoms with van der Waals surface area (Å²) in [6.45, 7) is 2.70. The van der Waals surface area contributed by atoms with Crippen LogP contribution in [0.15, 0.2) is 60.8 Å². The van der Waals surface area contributed by atoms with E-state index in [4.69, 9.17) is 18.9 Å². The van der Waals surface area contributed by atoms with Crippen LogP contribution in [-0.4, -0.2) is 140 Å². The second kappa shape index (κ2) is 47.5. The zero-order valence-corrected chi connectivity index (χ0v) is 47.5. The number of nitrogens with one attached hydrogen (secondary N) is 1. The molecule has 2 saturated heterocycles. The summed E-state index contributed by atoms with van der Waals surface area (Å²) in [7, 11) is 0. The largest absolute Gasteiger partial charge is 0.394 e. The summed E-state index contributed by atoms with van der Waals surface area (Å²) < 4.78 is 22.7. The molecule has 14 heteroatoms. The normalized spacial score (nSPS) is 25.3. The maximum absolute atomic E-state index is 13.2. The number of carbonyl (C=O) groups excluding carboxylic acids is 1. The highest BCUT2D eigenvalue weighted by Gasteiger charge is 2.51. The Hall–Kier alpha value is -2.31. The molecule has 2 rings (SSSR count). The summed E-state index contributed by atoms with van der Waals surface area (Å²) in [5.41, 5.74) is 0. The molecule has 0 aromatic rings. The molecular formula is C62H111NO13. The van der Waals surface area contributed by atoms with Crippen LogP contribution in [0.4, 0.5) is 0 Å². The lowest BCUT2D eigenvalue weighted by molar-refractivity contribution is -0.359. The smallest absolute Gasteiger partial charge is 0.220 e. The van der Waals surface area contributed by atoms with Gasteiger partial charge in [0.05, 0.1) is 32.0 Å². The van der Waals surface area contributed by atoms with E-state index in [1.54, 1.807) is 6.08 Å². The summed E-state index contributed by atoms with van der Waals surface area (Å²) >= 11 is 0. The van der Waals surface area contributed by atoms with Crippen molar-refractivity contribution in [3.8, 4) is 0 Å². The fourth-order valence-corrected chi connectivity index (χ4v) is 9.73. The predicted octanol–water partition coefficient (Wildman–Crippen LogP) is 10.6. The minimum absolute atomic E-state index is 0.252. The number of rotatable bonds is 48. The molecule has 2 heterocycles. The third-order valence-electron chi connectivity index (χ3n) is 14.7. The van der Waals surface area contributed by atoms with Crippen LogP contribution in [0, 0.1) is 0 Å². The van der Waals surface area contributed by atoms with Crippen molar-refractivity contribution in [1.29, 1.82) is 0 Å². The van der Waals surface area contributed by atoms with E-state index in [1.807, 2.05) is 6.08 Å².